The topological polar surface area (TPSA) is 52.7 Å². The van der Waals surface area contributed by atoms with Crippen molar-refractivity contribution in [3.05, 3.63) is 46.8 Å². The summed E-state index contributed by atoms with van der Waals surface area (Å²) in [6.45, 7) is 0. The number of nitrogens with zero attached hydrogens (tertiary/aromatic N) is 4. The SMILES string of the molecule is O=c1c2ncn(C3CC3)c2nc(SCCC(F)(F)F)n1-c1ccc(F)cc1. The molecule has 1 aliphatic rings. The van der Waals surface area contributed by atoms with Gasteiger partial charge in [0.05, 0.1) is 18.4 Å². The number of alkyl halides is 3. The standard InChI is InChI=1S/C17H14F4N4OS/c18-10-1-3-12(4-2-10)25-15(26)13-14(24(9-22-13)11-5-6-11)23-16(25)27-8-7-17(19,20)21/h1-4,9,11H,5-8H2. The van der Waals surface area contributed by atoms with Gasteiger partial charge in [-0.05, 0) is 37.1 Å². The van der Waals surface area contributed by atoms with Gasteiger partial charge in [-0.1, -0.05) is 11.8 Å². The van der Waals surface area contributed by atoms with Crippen molar-refractivity contribution < 1.29 is 17.6 Å². The van der Waals surface area contributed by atoms with E-state index in [9.17, 15) is 22.4 Å². The maximum Gasteiger partial charge on any atom is 0.389 e. The molecule has 10 heteroatoms. The number of hydrogen-bond donors (Lipinski definition) is 0. The molecule has 0 bridgehead atoms. The lowest BCUT2D eigenvalue weighted by Crippen LogP contribution is -2.22. The second-order valence-corrected chi connectivity index (χ2v) is 7.34. The Bertz CT molecular complexity index is 1040. The summed E-state index contributed by atoms with van der Waals surface area (Å²) in [6, 6.07) is 5.35. The highest BCUT2D eigenvalue weighted by molar-refractivity contribution is 7.99. The van der Waals surface area contributed by atoms with Crippen molar-refractivity contribution in [2.24, 2.45) is 0 Å². The van der Waals surface area contributed by atoms with Crippen LogP contribution in [0.5, 0.6) is 0 Å². The van der Waals surface area contributed by atoms with Gasteiger partial charge in [-0.25, -0.2) is 14.4 Å². The van der Waals surface area contributed by atoms with Gasteiger partial charge in [-0.2, -0.15) is 13.2 Å². The van der Waals surface area contributed by atoms with Gasteiger partial charge >= 0.3 is 6.18 Å². The van der Waals surface area contributed by atoms with E-state index in [1.807, 2.05) is 0 Å². The number of halogens is 4. The van der Waals surface area contributed by atoms with Crippen molar-refractivity contribution in [2.45, 2.75) is 36.6 Å². The minimum Gasteiger partial charge on any atom is -0.312 e. The average Bonchev–Trinajstić information content (AvgIpc) is 3.35. The van der Waals surface area contributed by atoms with Crippen molar-refractivity contribution in [1.82, 2.24) is 19.1 Å². The van der Waals surface area contributed by atoms with Gasteiger partial charge in [0.2, 0.25) is 0 Å². The highest BCUT2D eigenvalue weighted by atomic mass is 32.2. The fourth-order valence-electron chi connectivity index (χ4n) is 2.74. The third kappa shape index (κ3) is 3.71. The molecule has 0 amide bonds. The van der Waals surface area contributed by atoms with Gasteiger partial charge in [0.25, 0.3) is 5.56 Å². The molecule has 5 nitrogen and oxygen atoms in total. The zero-order chi connectivity index (χ0) is 19.2. The minimum atomic E-state index is -4.30. The Balaban J connectivity index is 1.82. The average molecular weight is 398 g/mol. The van der Waals surface area contributed by atoms with Gasteiger partial charge < -0.3 is 4.57 Å². The van der Waals surface area contributed by atoms with Gasteiger partial charge in [0.15, 0.2) is 16.3 Å². The Labute approximate surface area is 155 Å². The Morgan fingerprint density at radius 3 is 2.52 bits per heavy atom. The first-order valence-corrected chi connectivity index (χ1v) is 9.27. The van der Waals surface area contributed by atoms with Gasteiger partial charge in [0.1, 0.15) is 5.82 Å². The molecule has 0 N–H and O–H groups in total. The Morgan fingerprint density at radius 1 is 1.19 bits per heavy atom. The van der Waals surface area contributed by atoms with Crippen molar-refractivity contribution in [3.8, 4) is 5.69 Å². The van der Waals surface area contributed by atoms with E-state index in [4.69, 9.17) is 0 Å². The number of rotatable bonds is 5. The van der Waals surface area contributed by atoms with E-state index < -0.39 is 24.0 Å². The molecule has 1 aliphatic carbocycles. The van der Waals surface area contributed by atoms with E-state index in [0.717, 1.165) is 24.6 Å². The summed E-state index contributed by atoms with van der Waals surface area (Å²) in [5.74, 6) is -0.759. The second kappa shape index (κ2) is 6.66. The monoisotopic (exact) mass is 398 g/mol. The first kappa shape index (κ1) is 18.0. The van der Waals surface area contributed by atoms with Crippen LogP contribution < -0.4 is 5.56 Å². The van der Waals surface area contributed by atoms with Crippen LogP contribution in [0.25, 0.3) is 16.9 Å². The third-order valence-corrected chi connectivity index (χ3v) is 5.15. The second-order valence-electron chi connectivity index (χ2n) is 6.28. The van der Waals surface area contributed by atoms with Crippen molar-refractivity contribution in [3.63, 3.8) is 0 Å². The summed E-state index contributed by atoms with van der Waals surface area (Å²) < 4.78 is 53.8. The van der Waals surface area contributed by atoms with Crippen LogP contribution in [0.3, 0.4) is 0 Å². The number of fused-ring (bicyclic) bond motifs is 1. The molecular weight excluding hydrogens is 384 g/mol. The predicted molar refractivity (Wildman–Crippen MR) is 92.8 cm³/mol. The largest absolute Gasteiger partial charge is 0.389 e. The molecular formula is C17H14F4N4OS. The molecule has 0 atom stereocenters. The summed E-state index contributed by atoms with van der Waals surface area (Å²) in [4.78, 5) is 21.6. The van der Waals surface area contributed by atoms with Gasteiger partial charge in [-0.3, -0.25) is 9.36 Å². The van der Waals surface area contributed by atoms with Crippen molar-refractivity contribution in [2.75, 3.05) is 5.75 Å². The molecule has 0 aliphatic heterocycles. The molecule has 3 aromatic rings. The number of hydrogen-bond acceptors (Lipinski definition) is 4. The molecule has 1 aromatic carbocycles. The van der Waals surface area contributed by atoms with Crippen LogP contribution in [0.15, 0.2) is 40.5 Å². The first-order chi connectivity index (χ1) is 12.8. The highest BCUT2D eigenvalue weighted by Crippen LogP contribution is 2.36. The van der Waals surface area contributed by atoms with E-state index in [-0.39, 0.29) is 22.5 Å². The third-order valence-electron chi connectivity index (χ3n) is 4.21. The Kier molecular flexibility index (Phi) is 4.45. The highest BCUT2D eigenvalue weighted by Gasteiger charge is 2.29. The lowest BCUT2D eigenvalue weighted by molar-refractivity contribution is -0.129. The lowest BCUT2D eigenvalue weighted by Gasteiger charge is -2.13. The summed E-state index contributed by atoms with van der Waals surface area (Å²) in [7, 11) is 0. The molecule has 0 radical (unpaired) electrons. The molecule has 0 spiro atoms. The normalized spacial score (nSPS) is 14.8. The maximum absolute atomic E-state index is 13.2. The van der Waals surface area contributed by atoms with Crippen LogP contribution in [0, 0.1) is 5.82 Å². The molecule has 1 saturated carbocycles. The number of benzene rings is 1. The fourth-order valence-corrected chi connectivity index (χ4v) is 3.73. The number of thioether (sulfide) groups is 1. The number of imidazole rings is 1. The predicted octanol–water partition coefficient (Wildman–Crippen LogP) is 4.10. The molecule has 1 fully saturated rings. The smallest absolute Gasteiger partial charge is 0.312 e. The summed E-state index contributed by atoms with van der Waals surface area (Å²) >= 11 is 0.843. The molecule has 0 unspecified atom stereocenters. The Hall–Kier alpha value is -2.36. The fraction of sp³-hybridized carbons (Fsp3) is 0.353. The van der Waals surface area contributed by atoms with Crippen LogP contribution in [0.2, 0.25) is 0 Å². The van der Waals surface area contributed by atoms with Gasteiger partial charge in [-0.15, -0.1) is 0 Å². The molecule has 27 heavy (non-hydrogen) atoms. The zero-order valence-electron chi connectivity index (χ0n) is 13.9. The Morgan fingerprint density at radius 2 is 1.89 bits per heavy atom. The summed E-state index contributed by atoms with van der Waals surface area (Å²) in [5.41, 5.74) is 0.355. The van der Waals surface area contributed by atoms with Crippen LogP contribution in [-0.2, 0) is 0 Å². The molecule has 4 rings (SSSR count). The van der Waals surface area contributed by atoms with Crippen LogP contribution in [-0.4, -0.2) is 31.0 Å². The summed E-state index contributed by atoms with van der Waals surface area (Å²) in [6.07, 6.45) is -1.86. The van der Waals surface area contributed by atoms with E-state index in [1.165, 1.54) is 35.2 Å². The minimum absolute atomic E-state index is 0.130. The van der Waals surface area contributed by atoms with E-state index >= 15 is 0 Å². The summed E-state index contributed by atoms with van der Waals surface area (Å²) in [5, 5.41) is 0.130. The first-order valence-electron chi connectivity index (χ1n) is 8.28. The van der Waals surface area contributed by atoms with Crippen molar-refractivity contribution >= 4 is 22.9 Å². The lowest BCUT2D eigenvalue weighted by atomic mass is 10.3. The van der Waals surface area contributed by atoms with Crippen LogP contribution >= 0.6 is 11.8 Å². The van der Waals surface area contributed by atoms with Crippen LogP contribution in [0.4, 0.5) is 17.6 Å². The van der Waals surface area contributed by atoms with E-state index in [2.05, 4.69) is 9.97 Å². The molecule has 2 aromatic heterocycles. The van der Waals surface area contributed by atoms with E-state index in [1.54, 1.807) is 4.57 Å². The maximum atomic E-state index is 13.2. The molecule has 2 heterocycles. The zero-order valence-corrected chi connectivity index (χ0v) is 14.7. The van der Waals surface area contributed by atoms with Gasteiger partial charge in [0, 0.05) is 11.8 Å². The quantitative estimate of drug-likeness (QED) is 0.369. The van der Waals surface area contributed by atoms with Crippen LogP contribution in [0.1, 0.15) is 25.3 Å². The number of aromatic nitrogens is 4. The molecule has 142 valence electrons. The molecule has 0 saturated heterocycles. The van der Waals surface area contributed by atoms with E-state index in [0.29, 0.717) is 11.3 Å². The van der Waals surface area contributed by atoms with Crippen molar-refractivity contribution in [1.29, 1.82) is 0 Å².